The second-order valence-electron chi connectivity index (χ2n) is 5.43. The summed E-state index contributed by atoms with van der Waals surface area (Å²) in [6.45, 7) is 0.113. The Balaban J connectivity index is 1.73. The van der Waals surface area contributed by atoms with Crippen molar-refractivity contribution in [3.63, 3.8) is 0 Å². The molecule has 0 aliphatic heterocycles. The van der Waals surface area contributed by atoms with Gasteiger partial charge in [-0.05, 0) is 22.9 Å². The first kappa shape index (κ1) is 20.3. The minimum atomic E-state index is -1.28. The fraction of sp³-hybridized carbons (Fsp3) is 0.211. The molecular formula is C19H19NO6S. The van der Waals surface area contributed by atoms with Crippen molar-refractivity contribution in [2.45, 2.75) is 19.3 Å². The van der Waals surface area contributed by atoms with Crippen LogP contribution in [0.4, 0.5) is 9.59 Å². The highest BCUT2D eigenvalue weighted by Gasteiger charge is 2.22. The van der Waals surface area contributed by atoms with Gasteiger partial charge in [0.2, 0.25) is 0 Å². The number of aliphatic carboxylic acids is 1. The highest BCUT2D eigenvalue weighted by Crippen LogP contribution is 2.11. The van der Waals surface area contributed by atoms with Crippen LogP contribution >= 0.6 is 11.8 Å². The molecule has 0 unspecified atom stereocenters. The summed E-state index contributed by atoms with van der Waals surface area (Å²) in [6.07, 6.45) is -0.871. The molecule has 1 atom stereocenters. The van der Waals surface area contributed by atoms with Gasteiger partial charge in [-0.2, -0.15) is 0 Å². The lowest BCUT2D eigenvalue weighted by atomic mass is 10.2. The minimum absolute atomic E-state index is 0.0191. The molecule has 142 valence electrons. The predicted octanol–water partition coefficient (Wildman–Crippen LogP) is 3.44. The maximum atomic E-state index is 11.8. The summed E-state index contributed by atoms with van der Waals surface area (Å²) in [4.78, 5) is 34.8. The van der Waals surface area contributed by atoms with E-state index in [0.717, 1.165) is 11.1 Å². The van der Waals surface area contributed by atoms with Gasteiger partial charge >= 0.3 is 17.4 Å². The van der Waals surface area contributed by atoms with Gasteiger partial charge in [0, 0.05) is 5.75 Å². The molecule has 2 N–H and O–H groups in total. The predicted molar refractivity (Wildman–Crippen MR) is 100 cm³/mol. The molecule has 0 fully saturated rings. The number of thioether (sulfide) groups is 1. The first-order valence-corrected chi connectivity index (χ1v) is 9.06. The lowest BCUT2D eigenvalue weighted by Crippen LogP contribution is -2.43. The summed E-state index contributed by atoms with van der Waals surface area (Å²) in [5.41, 5.74) is 1.60. The van der Waals surface area contributed by atoms with E-state index in [1.54, 1.807) is 24.3 Å². The molecular weight excluding hydrogens is 370 g/mol. The van der Waals surface area contributed by atoms with Crippen molar-refractivity contribution < 1.29 is 29.0 Å². The summed E-state index contributed by atoms with van der Waals surface area (Å²) in [5.74, 6) is -1.45. The Bertz CT molecular complexity index is 753. The highest BCUT2D eigenvalue weighted by molar-refractivity contribution is 8.13. The number of ether oxygens (including phenoxy) is 2. The Morgan fingerprint density at radius 1 is 0.889 bits per heavy atom. The topological polar surface area (TPSA) is 102 Å². The summed E-state index contributed by atoms with van der Waals surface area (Å²) in [7, 11) is 0. The summed E-state index contributed by atoms with van der Waals surface area (Å²) >= 11 is 0.676. The van der Waals surface area contributed by atoms with Gasteiger partial charge in [-0.3, -0.25) is 0 Å². The van der Waals surface area contributed by atoms with Crippen LogP contribution in [0.25, 0.3) is 0 Å². The van der Waals surface area contributed by atoms with Gasteiger partial charge in [-0.1, -0.05) is 60.7 Å². The molecule has 0 aliphatic rings. The number of nitrogens with one attached hydrogen (secondary N) is 1. The summed E-state index contributed by atoms with van der Waals surface area (Å²) in [5, 5.41) is 10.8. The number of hydrogen-bond donors (Lipinski definition) is 2. The van der Waals surface area contributed by atoms with Crippen LogP contribution in [0.1, 0.15) is 11.1 Å². The standard InChI is InChI=1S/C19H19NO6S/c21-17(22)16(20-18(23)25-11-14-7-3-1-4-8-14)13-27-19(24)26-12-15-9-5-2-6-10-15/h1-10,16H,11-13H2,(H,20,23)(H,21,22)/t16-/m1/s1. The number of alkyl carbamates (subject to hydrolysis) is 1. The maximum Gasteiger partial charge on any atom is 0.408 e. The zero-order chi connectivity index (χ0) is 19.5. The number of rotatable bonds is 8. The van der Waals surface area contributed by atoms with E-state index in [-0.39, 0.29) is 19.0 Å². The fourth-order valence-electron chi connectivity index (χ4n) is 1.99. The molecule has 8 heteroatoms. The Hall–Kier alpha value is -3.00. The van der Waals surface area contributed by atoms with Crippen molar-refractivity contribution in [2.75, 3.05) is 5.75 Å². The lowest BCUT2D eigenvalue weighted by Gasteiger charge is -2.14. The maximum absolute atomic E-state index is 11.8. The first-order chi connectivity index (χ1) is 13.0. The molecule has 0 aliphatic carbocycles. The van der Waals surface area contributed by atoms with Crippen molar-refractivity contribution >= 4 is 29.1 Å². The number of hydrogen-bond acceptors (Lipinski definition) is 6. The number of benzene rings is 2. The Morgan fingerprint density at radius 3 is 1.93 bits per heavy atom. The van der Waals surface area contributed by atoms with Crippen LogP contribution in [-0.2, 0) is 27.5 Å². The molecule has 0 bridgehead atoms. The van der Waals surface area contributed by atoms with Crippen LogP contribution in [0.15, 0.2) is 60.7 Å². The van der Waals surface area contributed by atoms with E-state index in [9.17, 15) is 19.5 Å². The molecule has 7 nitrogen and oxygen atoms in total. The molecule has 0 aromatic heterocycles. The van der Waals surface area contributed by atoms with Gasteiger partial charge in [-0.15, -0.1) is 0 Å². The van der Waals surface area contributed by atoms with Crippen LogP contribution in [0.2, 0.25) is 0 Å². The van der Waals surface area contributed by atoms with Crippen molar-refractivity contribution in [3.8, 4) is 0 Å². The van der Waals surface area contributed by atoms with Crippen LogP contribution in [0.3, 0.4) is 0 Å². The first-order valence-electron chi connectivity index (χ1n) is 8.08. The third kappa shape index (κ3) is 7.83. The van der Waals surface area contributed by atoms with Gasteiger partial charge in [-0.25, -0.2) is 14.4 Å². The van der Waals surface area contributed by atoms with Crippen molar-refractivity contribution in [3.05, 3.63) is 71.8 Å². The third-order valence-corrected chi connectivity index (χ3v) is 4.22. The fourth-order valence-corrected chi connectivity index (χ4v) is 2.66. The van der Waals surface area contributed by atoms with E-state index in [1.807, 2.05) is 36.4 Å². The van der Waals surface area contributed by atoms with Crippen LogP contribution in [0, 0.1) is 0 Å². The van der Waals surface area contributed by atoms with E-state index >= 15 is 0 Å². The smallest absolute Gasteiger partial charge is 0.408 e. The van der Waals surface area contributed by atoms with E-state index < -0.39 is 23.4 Å². The molecule has 27 heavy (non-hydrogen) atoms. The highest BCUT2D eigenvalue weighted by atomic mass is 32.2. The summed E-state index contributed by atoms with van der Waals surface area (Å²) < 4.78 is 10.0. The second-order valence-corrected chi connectivity index (χ2v) is 6.39. The SMILES string of the molecule is O=C(N[C@H](CSC(=O)OCc1ccccc1)C(=O)O)OCc1ccccc1. The van der Waals surface area contributed by atoms with E-state index in [0.29, 0.717) is 11.8 Å². The minimum Gasteiger partial charge on any atom is -0.480 e. The Labute approximate surface area is 160 Å². The van der Waals surface area contributed by atoms with E-state index in [2.05, 4.69) is 5.32 Å². The Kier molecular flexibility index (Phi) is 8.18. The Morgan fingerprint density at radius 2 is 1.41 bits per heavy atom. The van der Waals surface area contributed by atoms with Crippen LogP contribution < -0.4 is 5.32 Å². The number of carboxylic acid groups (broad SMARTS) is 1. The van der Waals surface area contributed by atoms with Crippen molar-refractivity contribution in [1.29, 1.82) is 0 Å². The van der Waals surface area contributed by atoms with Crippen LogP contribution in [-0.4, -0.2) is 34.3 Å². The van der Waals surface area contributed by atoms with Gasteiger partial charge < -0.3 is 19.9 Å². The second kappa shape index (κ2) is 10.9. The molecule has 0 saturated heterocycles. The summed E-state index contributed by atoms with van der Waals surface area (Å²) in [6, 6.07) is 16.8. The van der Waals surface area contributed by atoms with Crippen molar-refractivity contribution in [2.24, 2.45) is 0 Å². The lowest BCUT2D eigenvalue weighted by molar-refractivity contribution is -0.138. The quantitative estimate of drug-likeness (QED) is 0.667. The molecule has 0 saturated carbocycles. The van der Waals surface area contributed by atoms with Crippen LogP contribution in [0.5, 0.6) is 0 Å². The normalized spacial score (nSPS) is 11.3. The molecule has 2 aromatic rings. The molecule has 2 rings (SSSR count). The van der Waals surface area contributed by atoms with E-state index in [4.69, 9.17) is 9.47 Å². The van der Waals surface area contributed by atoms with E-state index in [1.165, 1.54) is 0 Å². The van der Waals surface area contributed by atoms with Gasteiger partial charge in [0.05, 0.1) is 0 Å². The monoisotopic (exact) mass is 389 g/mol. The molecule has 2 aromatic carbocycles. The zero-order valence-corrected chi connectivity index (χ0v) is 15.2. The molecule has 1 amide bonds. The largest absolute Gasteiger partial charge is 0.480 e. The third-order valence-electron chi connectivity index (χ3n) is 3.37. The zero-order valence-electron chi connectivity index (χ0n) is 14.4. The molecule has 0 heterocycles. The number of carbonyl (C=O) groups is 3. The van der Waals surface area contributed by atoms with Gasteiger partial charge in [0.15, 0.2) is 0 Å². The number of carboxylic acids is 1. The average Bonchev–Trinajstić information content (AvgIpc) is 2.69. The molecule has 0 spiro atoms. The average molecular weight is 389 g/mol. The molecule has 0 radical (unpaired) electrons. The number of carbonyl (C=O) groups excluding carboxylic acids is 2. The number of amides is 1. The van der Waals surface area contributed by atoms with Crippen molar-refractivity contribution in [1.82, 2.24) is 5.32 Å². The van der Waals surface area contributed by atoms with Gasteiger partial charge in [0.1, 0.15) is 19.3 Å². The van der Waals surface area contributed by atoms with Gasteiger partial charge in [0.25, 0.3) is 0 Å².